The van der Waals surface area contributed by atoms with E-state index in [1.165, 1.54) is 12.1 Å². The predicted octanol–water partition coefficient (Wildman–Crippen LogP) is 2.96. The number of ether oxygens (including phenoxy) is 2. The Bertz CT molecular complexity index is 923. The van der Waals surface area contributed by atoms with Crippen molar-refractivity contribution in [2.24, 2.45) is 5.73 Å². The van der Waals surface area contributed by atoms with Crippen molar-refractivity contribution in [2.45, 2.75) is 44.1 Å². The first-order valence-corrected chi connectivity index (χ1v) is 10.3. The molecule has 1 fully saturated rings. The Balaban J connectivity index is 1.68. The average Bonchev–Trinajstić information content (AvgIpc) is 2.74. The van der Waals surface area contributed by atoms with Crippen molar-refractivity contribution >= 4 is 5.91 Å². The highest BCUT2D eigenvalue weighted by atomic mass is 19.1. The van der Waals surface area contributed by atoms with Crippen LogP contribution in [0.5, 0.6) is 0 Å². The number of halogens is 2. The van der Waals surface area contributed by atoms with Crippen molar-refractivity contribution < 1.29 is 23.0 Å². The Morgan fingerprint density at radius 1 is 1.23 bits per heavy atom. The molecule has 0 unspecified atom stereocenters. The molecule has 30 heavy (non-hydrogen) atoms. The zero-order chi connectivity index (χ0) is 21.3. The molecule has 4 rings (SSSR count). The molecular formula is C23H26F2N2O3. The van der Waals surface area contributed by atoms with Gasteiger partial charge in [-0.2, -0.15) is 0 Å². The standard InChI is InChI=1S/C23H26F2N2O3/c1-2-29-20-12-21(30-13-19(20)26)23(28)27-10-9-14-5-3-4-6-16(14)22(27)17-8-7-15(24)11-18(17)25/h3-8,11,19-22H,2,9-10,12-13,26H2,1H3/t19-,20+,21-,22-/m1/s1. The number of fused-ring (bicyclic) bond motifs is 1. The van der Waals surface area contributed by atoms with Crippen LogP contribution < -0.4 is 5.73 Å². The largest absolute Gasteiger partial charge is 0.377 e. The molecule has 1 amide bonds. The molecule has 4 atom stereocenters. The smallest absolute Gasteiger partial charge is 0.252 e. The van der Waals surface area contributed by atoms with Gasteiger partial charge in [-0.25, -0.2) is 8.78 Å². The number of benzene rings is 2. The summed E-state index contributed by atoms with van der Waals surface area (Å²) in [6.07, 6.45) is 0.0286. The molecule has 2 aliphatic heterocycles. The highest BCUT2D eigenvalue weighted by molar-refractivity contribution is 5.82. The molecule has 0 spiro atoms. The van der Waals surface area contributed by atoms with Gasteiger partial charge < -0.3 is 20.1 Å². The maximum atomic E-state index is 14.8. The summed E-state index contributed by atoms with van der Waals surface area (Å²) in [6, 6.07) is 10.2. The fourth-order valence-electron chi connectivity index (χ4n) is 4.41. The second kappa shape index (κ2) is 8.79. The van der Waals surface area contributed by atoms with Crippen molar-refractivity contribution in [1.82, 2.24) is 4.90 Å². The quantitative estimate of drug-likeness (QED) is 0.832. The Hall–Kier alpha value is -2.35. The van der Waals surface area contributed by atoms with Crippen molar-refractivity contribution in [3.8, 4) is 0 Å². The molecule has 2 heterocycles. The summed E-state index contributed by atoms with van der Waals surface area (Å²) >= 11 is 0. The van der Waals surface area contributed by atoms with E-state index in [4.69, 9.17) is 15.2 Å². The van der Waals surface area contributed by atoms with Gasteiger partial charge in [0.25, 0.3) is 5.91 Å². The summed E-state index contributed by atoms with van der Waals surface area (Å²) in [5.41, 5.74) is 8.22. The Morgan fingerprint density at radius 2 is 2.03 bits per heavy atom. The van der Waals surface area contributed by atoms with E-state index in [9.17, 15) is 13.6 Å². The lowest BCUT2D eigenvalue weighted by atomic mass is 9.87. The van der Waals surface area contributed by atoms with E-state index in [0.717, 1.165) is 17.2 Å². The van der Waals surface area contributed by atoms with Gasteiger partial charge in [0, 0.05) is 31.2 Å². The van der Waals surface area contributed by atoms with E-state index in [1.54, 1.807) is 4.90 Å². The lowest BCUT2D eigenvalue weighted by Crippen LogP contribution is -2.54. The molecule has 0 aromatic heterocycles. The van der Waals surface area contributed by atoms with Gasteiger partial charge in [-0.3, -0.25) is 4.79 Å². The number of nitrogens with two attached hydrogens (primary N) is 1. The van der Waals surface area contributed by atoms with E-state index in [-0.39, 0.29) is 30.2 Å². The van der Waals surface area contributed by atoms with Crippen LogP contribution in [0.4, 0.5) is 8.78 Å². The molecular weight excluding hydrogens is 390 g/mol. The number of hydrogen-bond acceptors (Lipinski definition) is 4. The summed E-state index contributed by atoms with van der Waals surface area (Å²) in [6.45, 7) is 3.03. The first-order valence-electron chi connectivity index (χ1n) is 10.3. The van der Waals surface area contributed by atoms with Gasteiger partial charge in [-0.05, 0) is 30.5 Å². The van der Waals surface area contributed by atoms with Crippen LogP contribution in [-0.2, 0) is 20.7 Å². The Morgan fingerprint density at radius 3 is 2.80 bits per heavy atom. The molecule has 0 aliphatic carbocycles. The van der Waals surface area contributed by atoms with Gasteiger partial charge in [0.1, 0.15) is 17.7 Å². The lowest BCUT2D eigenvalue weighted by molar-refractivity contribution is -0.156. The highest BCUT2D eigenvalue weighted by Gasteiger charge is 2.40. The molecule has 2 N–H and O–H groups in total. The topological polar surface area (TPSA) is 64.8 Å². The number of hydrogen-bond donors (Lipinski definition) is 1. The molecule has 0 saturated carbocycles. The molecule has 160 valence electrons. The number of carbonyl (C=O) groups excluding carboxylic acids is 1. The summed E-state index contributed by atoms with van der Waals surface area (Å²) < 4.78 is 39.8. The van der Waals surface area contributed by atoms with Crippen LogP contribution in [-0.4, -0.2) is 48.8 Å². The normalized spacial score (nSPS) is 26.3. The van der Waals surface area contributed by atoms with Gasteiger partial charge in [-0.15, -0.1) is 0 Å². The van der Waals surface area contributed by atoms with E-state index in [0.29, 0.717) is 26.0 Å². The van der Waals surface area contributed by atoms with Gasteiger partial charge >= 0.3 is 0 Å². The van der Waals surface area contributed by atoms with Crippen LogP contribution in [0, 0.1) is 11.6 Å². The SMILES string of the molecule is CCO[C@H]1C[C@H](C(=O)N2CCc3ccccc3[C@@H]2c2ccc(F)cc2F)OC[C@H]1N. The van der Waals surface area contributed by atoms with Crippen molar-refractivity contribution in [2.75, 3.05) is 19.8 Å². The number of amides is 1. The lowest BCUT2D eigenvalue weighted by Gasteiger charge is -2.41. The van der Waals surface area contributed by atoms with Crippen LogP contribution in [0.1, 0.15) is 36.1 Å². The minimum absolute atomic E-state index is 0.223. The predicted molar refractivity (Wildman–Crippen MR) is 108 cm³/mol. The van der Waals surface area contributed by atoms with Crippen LogP contribution in [0.2, 0.25) is 0 Å². The molecule has 2 aliphatic rings. The van der Waals surface area contributed by atoms with E-state index in [1.807, 2.05) is 31.2 Å². The van der Waals surface area contributed by atoms with E-state index >= 15 is 0 Å². The van der Waals surface area contributed by atoms with Crippen LogP contribution in [0.3, 0.4) is 0 Å². The maximum Gasteiger partial charge on any atom is 0.252 e. The summed E-state index contributed by atoms with van der Waals surface area (Å²) in [7, 11) is 0. The third kappa shape index (κ3) is 3.97. The van der Waals surface area contributed by atoms with E-state index < -0.39 is 23.8 Å². The fraction of sp³-hybridized carbons (Fsp3) is 0.435. The molecule has 0 bridgehead atoms. The molecule has 7 heteroatoms. The molecule has 2 aromatic rings. The fourth-order valence-corrected chi connectivity index (χ4v) is 4.41. The molecule has 0 radical (unpaired) electrons. The van der Waals surface area contributed by atoms with Crippen LogP contribution >= 0.6 is 0 Å². The second-order valence-corrected chi connectivity index (χ2v) is 7.76. The summed E-state index contributed by atoms with van der Waals surface area (Å²) in [4.78, 5) is 15.1. The minimum atomic E-state index is -0.711. The van der Waals surface area contributed by atoms with Gasteiger partial charge in [0.15, 0.2) is 0 Å². The van der Waals surface area contributed by atoms with Crippen LogP contribution in [0.25, 0.3) is 0 Å². The second-order valence-electron chi connectivity index (χ2n) is 7.76. The first kappa shape index (κ1) is 20.9. The zero-order valence-electron chi connectivity index (χ0n) is 16.9. The molecule has 5 nitrogen and oxygen atoms in total. The summed E-state index contributed by atoms with van der Waals surface area (Å²) in [5.74, 6) is -1.55. The average molecular weight is 416 g/mol. The third-order valence-corrected chi connectivity index (χ3v) is 5.89. The third-order valence-electron chi connectivity index (χ3n) is 5.89. The van der Waals surface area contributed by atoms with Crippen LogP contribution in [0.15, 0.2) is 42.5 Å². The first-order chi connectivity index (χ1) is 14.5. The summed E-state index contributed by atoms with van der Waals surface area (Å²) in [5, 5.41) is 0. The van der Waals surface area contributed by atoms with Crippen molar-refractivity contribution in [3.05, 3.63) is 70.8 Å². The highest BCUT2D eigenvalue weighted by Crippen LogP contribution is 2.37. The Labute approximate surface area is 174 Å². The molecule has 1 saturated heterocycles. The van der Waals surface area contributed by atoms with Crippen molar-refractivity contribution in [3.63, 3.8) is 0 Å². The van der Waals surface area contributed by atoms with Gasteiger partial charge in [0.05, 0.1) is 24.8 Å². The number of rotatable bonds is 4. The number of nitrogens with zero attached hydrogens (tertiary/aromatic N) is 1. The zero-order valence-corrected chi connectivity index (χ0v) is 16.9. The molecule has 2 aromatic carbocycles. The number of carbonyl (C=O) groups is 1. The Kier molecular flexibility index (Phi) is 6.13. The minimum Gasteiger partial charge on any atom is -0.377 e. The van der Waals surface area contributed by atoms with Gasteiger partial charge in [0.2, 0.25) is 0 Å². The van der Waals surface area contributed by atoms with E-state index in [2.05, 4.69) is 0 Å². The van der Waals surface area contributed by atoms with Gasteiger partial charge in [-0.1, -0.05) is 30.3 Å². The monoisotopic (exact) mass is 416 g/mol. The van der Waals surface area contributed by atoms with Crippen molar-refractivity contribution in [1.29, 1.82) is 0 Å². The maximum absolute atomic E-state index is 14.8.